The summed E-state index contributed by atoms with van der Waals surface area (Å²) in [6, 6.07) is 15.9. The Hall–Kier alpha value is -3.43. The highest BCUT2D eigenvalue weighted by atomic mass is 35.5. The summed E-state index contributed by atoms with van der Waals surface area (Å²) in [5, 5.41) is 2.78. The number of sulfonamides is 1. The highest BCUT2D eigenvalue weighted by molar-refractivity contribution is 7.92. The smallest absolute Gasteiger partial charge is 0.264 e. The van der Waals surface area contributed by atoms with Gasteiger partial charge in [-0.2, -0.15) is 0 Å². The molecule has 0 saturated carbocycles. The van der Waals surface area contributed by atoms with Crippen molar-refractivity contribution < 1.29 is 22.4 Å². The Kier molecular flexibility index (Phi) is 8.94. The quantitative estimate of drug-likeness (QED) is 0.430. The minimum atomic E-state index is -4.22. The lowest BCUT2D eigenvalue weighted by molar-refractivity contribution is -0.139. The number of carbonyl (C=O) groups is 2. The molecule has 0 aliphatic heterocycles. The number of carbonyl (C=O) groups excluding carboxylic acids is 2. The van der Waals surface area contributed by atoms with Crippen molar-refractivity contribution in [2.45, 2.75) is 38.3 Å². The number of hydrogen-bond acceptors (Lipinski definition) is 4. The second-order valence-electron chi connectivity index (χ2n) is 8.66. The summed E-state index contributed by atoms with van der Waals surface area (Å²) in [4.78, 5) is 27.4. The molecule has 0 saturated heterocycles. The van der Waals surface area contributed by atoms with Gasteiger partial charge in [0.1, 0.15) is 18.4 Å². The van der Waals surface area contributed by atoms with Gasteiger partial charge in [0, 0.05) is 24.2 Å². The monoisotopic (exact) mass is 545 g/mol. The summed E-state index contributed by atoms with van der Waals surface area (Å²) in [6.45, 7) is 4.18. The second-order valence-corrected chi connectivity index (χ2v) is 11.0. The van der Waals surface area contributed by atoms with E-state index in [0.29, 0.717) is 10.6 Å². The molecule has 3 rings (SSSR count). The highest BCUT2D eigenvalue weighted by Gasteiger charge is 2.33. The Morgan fingerprint density at radius 1 is 1.03 bits per heavy atom. The summed E-state index contributed by atoms with van der Waals surface area (Å²) >= 11 is 6.20. The molecule has 0 aliphatic carbocycles. The molecule has 37 heavy (non-hydrogen) atoms. The van der Waals surface area contributed by atoms with E-state index in [0.717, 1.165) is 14.8 Å². The van der Waals surface area contributed by atoms with Gasteiger partial charge in [0.2, 0.25) is 11.8 Å². The first-order chi connectivity index (χ1) is 17.4. The maximum atomic E-state index is 14.5. The van der Waals surface area contributed by atoms with Crippen LogP contribution in [0.25, 0.3) is 0 Å². The van der Waals surface area contributed by atoms with Gasteiger partial charge in [-0.05, 0) is 56.7 Å². The first-order valence-electron chi connectivity index (χ1n) is 11.6. The van der Waals surface area contributed by atoms with E-state index in [-0.39, 0.29) is 22.7 Å². The standard InChI is InChI=1S/C27H29ClFN3O4S/c1-18-9-13-23(14-10-18)37(35,36)32(25-15-22(28)12-11-19(25)2)17-26(33)31(20(3)27(34)30-4)16-21-7-5-6-8-24(21)29/h5-15,20H,16-17H2,1-4H3,(H,30,34)/t20-/m1/s1. The molecule has 0 aromatic heterocycles. The van der Waals surface area contributed by atoms with E-state index < -0.39 is 40.2 Å². The third kappa shape index (κ3) is 6.47. The van der Waals surface area contributed by atoms with Crippen LogP contribution in [0.1, 0.15) is 23.6 Å². The maximum absolute atomic E-state index is 14.5. The molecule has 1 N–H and O–H groups in total. The molecule has 0 fully saturated rings. The number of aryl methyl sites for hydroxylation is 2. The molecule has 2 amide bonds. The average molecular weight is 546 g/mol. The fourth-order valence-corrected chi connectivity index (χ4v) is 5.44. The van der Waals surface area contributed by atoms with Gasteiger partial charge in [-0.15, -0.1) is 0 Å². The van der Waals surface area contributed by atoms with Crippen molar-refractivity contribution in [3.8, 4) is 0 Å². The molecule has 1 atom stereocenters. The molecular weight excluding hydrogens is 517 g/mol. The minimum absolute atomic E-state index is 0.00900. The first kappa shape index (κ1) is 28.1. The number of rotatable bonds is 9. The van der Waals surface area contributed by atoms with Crippen molar-refractivity contribution in [3.63, 3.8) is 0 Å². The zero-order valence-corrected chi connectivity index (χ0v) is 22.6. The van der Waals surface area contributed by atoms with Crippen LogP contribution in [0.3, 0.4) is 0 Å². The molecule has 10 heteroatoms. The zero-order chi connectivity index (χ0) is 27.3. The second kappa shape index (κ2) is 11.7. The maximum Gasteiger partial charge on any atom is 0.264 e. The van der Waals surface area contributed by atoms with Gasteiger partial charge in [0.25, 0.3) is 10.0 Å². The number of anilines is 1. The number of hydrogen-bond donors (Lipinski definition) is 1. The third-order valence-corrected chi connectivity index (χ3v) is 8.05. The first-order valence-corrected chi connectivity index (χ1v) is 13.4. The van der Waals surface area contributed by atoms with Crippen LogP contribution in [0, 0.1) is 19.7 Å². The van der Waals surface area contributed by atoms with Crippen LogP contribution in [0.5, 0.6) is 0 Å². The number of likely N-dealkylation sites (N-methyl/N-ethyl adjacent to an activating group) is 1. The summed E-state index contributed by atoms with van der Waals surface area (Å²) in [7, 11) is -2.79. The van der Waals surface area contributed by atoms with Gasteiger partial charge in [0.15, 0.2) is 0 Å². The average Bonchev–Trinajstić information content (AvgIpc) is 2.87. The topological polar surface area (TPSA) is 86.8 Å². The number of nitrogens with one attached hydrogen (secondary N) is 1. The van der Waals surface area contributed by atoms with Gasteiger partial charge in [-0.3, -0.25) is 13.9 Å². The van der Waals surface area contributed by atoms with Crippen LogP contribution in [0.4, 0.5) is 10.1 Å². The number of halogens is 2. The number of benzene rings is 3. The lowest BCUT2D eigenvalue weighted by Crippen LogP contribution is -2.51. The molecule has 0 radical (unpaired) electrons. The number of nitrogens with zero attached hydrogens (tertiary/aromatic N) is 2. The van der Waals surface area contributed by atoms with Crippen LogP contribution in [0.2, 0.25) is 5.02 Å². The van der Waals surface area contributed by atoms with Crippen LogP contribution < -0.4 is 9.62 Å². The summed E-state index contributed by atoms with van der Waals surface area (Å²) in [5.74, 6) is -1.70. The predicted molar refractivity (Wildman–Crippen MR) is 142 cm³/mol. The zero-order valence-electron chi connectivity index (χ0n) is 21.0. The van der Waals surface area contributed by atoms with E-state index in [1.54, 1.807) is 37.3 Å². The molecule has 7 nitrogen and oxygen atoms in total. The number of amides is 2. The fraction of sp³-hybridized carbons (Fsp3) is 0.259. The van der Waals surface area contributed by atoms with E-state index in [4.69, 9.17) is 11.6 Å². The third-order valence-electron chi connectivity index (χ3n) is 6.04. The summed E-state index contributed by atoms with van der Waals surface area (Å²) < 4.78 is 43.1. The fourth-order valence-electron chi connectivity index (χ4n) is 3.80. The van der Waals surface area contributed by atoms with E-state index >= 15 is 0 Å². The SMILES string of the molecule is CNC(=O)[C@@H](C)N(Cc1ccccc1F)C(=O)CN(c1cc(Cl)ccc1C)S(=O)(=O)c1ccc(C)cc1. The lowest BCUT2D eigenvalue weighted by Gasteiger charge is -2.32. The van der Waals surface area contributed by atoms with E-state index in [1.807, 2.05) is 6.92 Å². The van der Waals surface area contributed by atoms with Crippen LogP contribution >= 0.6 is 11.6 Å². The van der Waals surface area contributed by atoms with Gasteiger partial charge >= 0.3 is 0 Å². The van der Waals surface area contributed by atoms with E-state index in [9.17, 15) is 22.4 Å². The Morgan fingerprint density at radius 2 is 1.68 bits per heavy atom. The van der Waals surface area contributed by atoms with Crippen molar-refractivity contribution in [2.24, 2.45) is 0 Å². The Labute approximate surface area is 221 Å². The molecule has 0 heterocycles. The Balaban J connectivity index is 2.09. The molecule has 3 aromatic rings. The molecule has 0 unspecified atom stereocenters. The van der Waals surface area contributed by atoms with E-state index in [2.05, 4.69) is 5.32 Å². The largest absolute Gasteiger partial charge is 0.357 e. The van der Waals surface area contributed by atoms with Crippen molar-refractivity contribution in [1.29, 1.82) is 0 Å². The Morgan fingerprint density at radius 3 is 2.30 bits per heavy atom. The van der Waals surface area contributed by atoms with Gasteiger partial charge in [-0.25, -0.2) is 12.8 Å². The summed E-state index contributed by atoms with van der Waals surface area (Å²) in [6.07, 6.45) is 0. The van der Waals surface area contributed by atoms with Gasteiger partial charge in [-0.1, -0.05) is 53.6 Å². The van der Waals surface area contributed by atoms with Gasteiger partial charge in [0.05, 0.1) is 10.6 Å². The van der Waals surface area contributed by atoms with E-state index in [1.165, 1.54) is 50.4 Å². The molecule has 0 aliphatic rings. The molecule has 0 bridgehead atoms. The van der Waals surface area contributed by atoms with Crippen LogP contribution in [0.15, 0.2) is 71.6 Å². The van der Waals surface area contributed by atoms with Crippen LogP contribution in [-0.2, 0) is 26.2 Å². The minimum Gasteiger partial charge on any atom is -0.357 e. The van der Waals surface area contributed by atoms with Crippen LogP contribution in [-0.4, -0.2) is 44.8 Å². The van der Waals surface area contributed by atoms with Crippen molar-refractivity contribution in [3.05, 3.63) is 94.3 Å². The van der Waals surface area contributed by atoms with Crippen molar-refractivity contribution in [2.75, 3.05) is 17.9 Å². The van der Waals surface area contributed by atoms with Crippen molar-refractivity contribution in [1.82, 2.24) is 10.2 Å². The summed E-state index contributed by atoms with van der Waals surface area (Å²) in [5.41, 5.74) is 1.86. The highest BCUT2D eigenvalue weighted by Crippen LogP contribution is 2.30. The molecule has 3 aromatic carbocycles. The van der Waals surface area contributed by atoms with Crippen molar-refractivity contribution >= 4 is 39.1 Å². The van der Waals surface area contributed by atoms with Gasteiger partial charge < -0.3 is 10.2 Å². The lowest BCUT2D eigenvalue weighted by atomic mass is 10.1. The molecular formula is C27H29ClFN3O4S. The molecule has 0 spiro atoms. The predicted octanol–water partition coefficient (Wildman–Crippen LogP) is 4.45. The normalized spacial score (nSPS) is 12.1. The molecule has 196 valence electrons. The Bertz CT molecular complexity index is 1400.